The summed E-state index contributed by atoms with van der Waals surface area (Å²) in [5, 5.41) is 3.98. The Morgan fingerprint density at radius 3 is 2.73 bits per heavy atom. The first kappa shape index (κ1) is 13.3. The van der Waals surface area contributed by atoms with Gasteiger partial charge >= 0.3 is 6.01 Å². The van der Waals surface area contributed by atoms with Gasteiger partial charge in [0.15, 0.2) is 10.7 Å². The van der Waals surface area contributed by atoms with Gasteiger partial charge in [0.05, 0.1) is 10.2 Å². The Labute approximate surface area is 131 Å². The van der Waals surface area contributed by atoms with Crippen LogP contribution in [0.1, 0.15) is 16.7 Å². The standard InChI is InChI=1S/C17H15N3OS/c1-9-7-11(3)15-12(8-9)18-16(21-15)20-17-19-14-10(2)5-4-6-13(14)22-17/h4-8H,1-3H3,(H,18,19,20). The first-order valence-corrected chi connectivity index (χ1v) is 7.93. The Balaban J connectivity index is 1.75. The molecular formula is C17H15N3OS. The Hall–Kier alpha value is -2.40. The van der Waals surface area contributed by atoms with E-state index in [0.717, 1.165) is 32.0 Å². The average Bonchev–Trinajstić information content (AvgIpc) is 3.03. The lowest BCUT2D eigenvalue weighted by molar-refractivity contribution is 0.620. The van der Waals surface area contributed by atoms with Crippen LogP contribution in [0, 0.1) is 20.8 Å². The molecule has 4 nitrogen and oxygen atoms in total. The molecule has 0 unspecified atom stereocenters. The molecule has 0 bridgehead atoms. The zero-order valence-corrected chi connectivity index (χ0v) is 13.4. The third-order valence-electron chi connectivity index (χ3n) is 3.65. The molecule has 0 fully saturated rings. The molecule has 4 rings (SSSR count). The van der Waals surface area contributed by atoms with Gasteiger partial charge in [0.2, 0.25) is 0 Å². The largest absolute Gasteiger partial charge is 0.423 e. The monoisotopic (exact) mass is 309 g/mol. The highest BCUT2D eigenvalue weighted by atomic mass is 32.1. The quantitative estimate of drug-likeness (QED) is 0.559. The number of aryl methyl sites for hydroxylation is 3. The summed E-state index contributed by atoms with van der Waals surface area (Å²) in [7, 11) is 0. The zero-order chi connectivity index (χ0) is 15.3. The van der Waals surface area contributed by atoms with Gasteiger partial charge in [-0.15, -0.1) is 0 Å². The van der Waals surface area contributed by atoms with Crippen LogP contribution in [0.3, 0.4) is 0 Å². The van der Waals surface area contributed by atoms with Crippen molar-refractivity contribution in [3.05, 3.63) is 47.0 Å². The van der Waals surface area contributed by atoms with Crippen LogP contribution in [0.25, 0.3) is 21.3 Å². The molecular weight excluding hydrogens is 294 g/mol. The highest BCUT2D eigenvalue weighted by Gasteiger charge is 2.11. The van der Waals surface area contributed by atoms with Gasteiger partial charge in [-0.25, -0.2) is 4.98 Å². The van der Waals surface area contributed by atoms with Crippen molar-refractivity contribution in [1.29, 1.82) is 0 Å². The number of hydrogen-bond donors (Lipinski definition) is 1. The van der Waals surface area contributed by atoms with E-state index in [1.807, 2.05) is 19.1 Å². The average molecular weight is 309 g/mol. The molecule has 0 saturated heterocycles. The Kier molecular flexibility index (Phi) is 2.90. The summed E-state index contributed by atoms with van der Waals surface area (Å²) in [5.74, 6) is 0. The lowest BCUT2D eigenvalue weighted by Crippen LogP contribution is -1.88. The molecule has 110 valence electrons. The van der Waals surface area contributed by atoms with Gasteiger partial charge in [0.25, 0.3) is 0 Å². The van der Waals surface area contributed by atoms with E-state index in [0.29, 0.717) is 6.01 Å². The van der Waals surface area contributed by atoms with Crippen molar-refractivity contribution in [3.8, 4) is 0 Å². The molecule has 0 spiro atoms. The van der Waals surface area contributed by atoms with Crippen molar-refractivity contribution < 1.29 is 4.42 Å². The van der Waals surface area contributed by atoms with Gasteiger partial charge in [0.1, 0.15) is 5.52 Å². The summed E-state index contributed by atoms with van der Waals surface area (Å²) in [6.07, 6.45) is 0. The lowest BCUT2D eigenvalue weighted by atomic mass is 10.1. The second kappa shape index (κ2) is 4.81. The fourth-order valence-corrected chi connectivity index (χ4v) is 3.59. The highest BCUT2D eigenvalue weighted by Crippen LogP contribution is 2.31. The Morgan fingerprint density at radius 1 is 1.05 bits per heavy atom. The Bertz CT molecular complexity index is 1000. The van der Waals surface area contributed by atoms with Crippen LogP contribution in [0.15, 0.2) is 34.7 Å². The maximum absolute atomic E-state index is 5.83. The maximum atomic E-state index is 5.83. The summed E-state index contributed by atoms with van der Waals surface area (Å²) in [5.41, 5.74) is 6.17. The molecule has 2 aromatic carbocycles. The van der Waals surface area contributed by atoms with Crippen molar-refractivity contribution in [2.45, 2.75) is 20.8 Å². The fourth-order valence-electron chi connectivity index (χ4n) is 2.66. The van der Waals surface area contributed by atoms with Crippen molar-refractivity contribution >= 4 is 43.8 Å². The van der Waals surface area contributed by atoms with E-state index in [1.54, 1.807) is 11.3 Å². The van der Waals surface area contributed by atoms with Gasteiger partial charge in [-0.2, -0.15) is 4.98 Å². The van der Waals surface area contributed by atoms with Crippen LogP contribution in [0.2, 0.25) is 0 Å². The van der Waals surface area contributed by atoms with Crippen molar-refractivity contribution in [1.82, 2.24) is 9.97 Å². The number of benzene rings is 2. The molecule has 0 atom stereocenters. The van der Waals surface area contributed by atoms with E-state index in [1.165, 1.54) is 11.1 Å². The van der Waals surface area contributed by atoms with Gasteiger partial charge < -0.3 is 4.42 Å². The van der Waals surface area contributed by atoms with Gasteiger partial charge in [-0.05, 0) is 49.6 Å². The predicted octanol–water partition coefficient (Wildman–Crippen LogP) is 5.11. The number of thiazole rings is 1. The molecule has 0 aliphatic rings. The second-order valence-electron chi connectivity index (χ2n) is 5.51. The minimum absolute atomic E-state index is 0.486. The maximum Gasteiger partial charge on any atom is 0.302 e. The zero-order valence-electron chi connectivity index (χ0n) is 12.6. The van der Waals surface area contributed by atoms with Crippen molar-refractivity contribution in [3.63, 3.8) is 0 Å². The van der Waals surface area contributed by atoms with E-state index < -0.39 is 0 Å². The van der Waals surface area contributed by atoms with Crippen LogP contribution >= 0.6 is 11.3 Å². The predicted molar refractivity (Wildman–Crippen MR) is 91.1 cm³/mol. The van der Waals surface area contributed by atoms with Crippen LogP contribution in [-0.4, -0.2) is 9.97 Å². The number of anilines is 2. The summed E-state index contributed by atoms with van der Waals surface area (Å²) in [4.78, 5) is 9.14. The first-order valence-electron chi connectivity index (χ1n) is 7.11. The van der Waals surface area contributed by atoms with Gasteiger partial charge in [0, 0.05) is 0 Å². The fraction of sp³-hybridized carbons (Fsp3) is 0.176. The summed E-state index contributed by atoms with van der Waals surface area (Å²) >= 11 is 1.60. The lowest BCUT2D eigenvalue weighted by Gasteiger charge is -1.95. The number of para-hydroxylation sites is 1. The SMILES string of the molecule is Cc1cc(C)c2oc(Nc3nc4c(C)cccc4s3)nc2c1. The number of oxazole rings is 1. The molecule has 4 aromatic rings. The number of rotatable bonds is 2. The molecule has 5 heteroatoms. The van der Waals surface area contributed by atoms with E-state index >= 15 is 0 Å². The first-order chi connectivity index (χ1) is 10.6. The number of nitrogens with zero attached hydrogens (tertiary/aromatic N) is 2. The summed E-state index contributed by atoms with van der Waals surface area (Å²) < 4.78 is 6.99. The van der Waals surface area contributed by atoms with Crippen LogP contribution in [-0.2, 0) is 0 Å². The molecule has 0 aliphatic carbocycles. The van der Waals surface area contributed by atoms with Crippen molar-refractivity contribution in [2.24, 2.45) is 0 Å². The van der Waals surface area contributed by atoms with Crippen molar-refractivity contribution in [2.75, 3.05) is 5.32 Å². The van der Waals surface area contributed by atoms with E-state index in [4.69, 9.17) is 4.42 Å². The Morgan fingerprint density at radius 2 is 1.91 bits per heavy atom. The molecule has 0 aliphatic heterocycles. The summed E-state index contributed by atoms with van der Waals surface area (Å²) in [6, 6.07) is 10.8. The molecule has 2 heterocycles. The number of fused-ring (bicyclic) bond motifs is 2. The number of aromatic nitrogens is 2. The summed E-state index contributed by atoms with van der Waals surface area (Å²) in [6.45, 7) is 6.16. The van der Waals surface area contributed by atoms with E-state index in [2.05, 4.69) is 47.3 Å². The molecule has 2 aromatic heterocycles. The second-order valence-corrected chi connectivity index (χ2v) is 6.55. The highest BCUT2D eigenvalue weighted by molar-refractivity contribution is 7.22. The van der Waals surface area contributed by atoms with Gasteiger partial charge in [-0.3, -0.25) is 5.32 Å². The number of nitrogens with one attached hydrogen (secondary N) is 1. The molecule has 22 heavy (non-hydrogen) atoms. The van der Waals surface area contributed by atoms with Gasteiger partial charge in [-0.1, -0.05) is 29.5 Å². The van der Waals surface area contributed by atoms with Crippen LogP contribution < -0.4 is 5.32 Å². The minimum Gasteiger partial charge on any atom is -0.423 e. The van der Waals surface area contributed by atoms with E-state index in [9.17, 15) is 0 Å². The molecule has 0 saturated carbocycles. The smallest absolute Gasteiger partial charge is 0.302 e. The van der Waals surface area contributed by atoms with E-state index in [-0.39, 0.29) is 0 Å². The number of hydrogen-bond acceptors (Lipinski definition) is 5. The molecule has 1 N–H and O–H groups in total. The third kappa shape index (κ3) is 2.14. The normalized spacial score (nSPS) is 11.4. The molecule has 0 amide bonds. The van der Waals surface area contributed by atoms with Crippen LogP contribution in [0.4, 0.5) is 11.1 Å². The third-order valence-corrected chi connectivity index (χ3v) is 4.59. The molecule has 0 radical (unpaired) electrons. The topological polar surface area (TPSA) is 51.0 Å². The minimum atomic E-state index is 0.486. The van der Waals surface area contributed by atoms with Crippen LogP contribution in [0.5, 0.6) is 0 Å².